The zero-order valence-electron chi connectivity index (χ0n) is 7.11. The molecule has 0 fully saturated rings. The van der Waals surface area contributed by atoms with Crippen LogP contribution in [0.25, 0.3) is 10.8 Å². The summed E-state index contributed by atoms with van der Waals surface area (Å²) in [5, 5.41) is 10.5. The van der Waals surface area contributed by atoms with Gasteiger partial charge in [0.1, 0.15) is 6.33 Å². The van der Waals surface area contributed by atoms with Crippen molar-refractivity contribution in [2.75, 3.05) is 7.05 Å². The minimum atomic E-state index is 0.729. The summed E-state index contributed by atoms with van der Waals surface area (Å²) < 4.78 is 0. The van der Waals surface area contributed by atoms with Crippen molar-refractivity contribution in [1.29, 1.82) is 0 Å². The Morgan fingerprint density at radius 2 is 2.46 bits per heavy atom. The van der Waals surface area contributed by atoms with Crippen LogP contribution in [0.1, 0.15) is 4.88 Å². The van der Waals surface area contributed by atoms with Crippen molar-refractivity contribution in [2.24, 2.45) is 0 Å². The Bertz CT molecular complexity index is 366. The summed E-state index contributed by atoms with van der Waals surface area (Å²) in [6.45, 7) is 0.839. The Labute approximate surface area is 79.2 Å². The van der Waals surface area contributed by atoms with Gasteiger partial charge in [0, 0.05) is 17.6 Å². The van der Waals surface area contributed by atoms with Gasteiger partial charge in [-0.15, -0.1) is 11.3 Å². The standard InChI is InChI=1S/C7H9N5S/c1-8-2-5-3-9-7(13-5)6-10-4-11-12-6/h3-4,8H,2H2,1H3,(H,10,11,12). The van der Waals surface area contributed by atoms with Gasteiger partial charge in [0.05, 0.1) is 0 Å². The van der Waals surface area contributed by atoms with Crippen LogP contribution < -0.4 is 5.32 Å². The van der Waals surface area contributed by atoms with E-state index in [2.05, 4.69) is 25.5 Å². The van der Waals surface area contributed by atoms with E-state index in [0.29, 0.717) is 0 Å². The minimum absolute atomic E-state index is 0.729. The van der Waals surface area contributed by atoms with Crippen LogP contribution in [0, 0.1) is 0 Å². The molecule has 2 aromatic rings. The van der Waals surface area contributed by atoms with Crippen molar-refractivity contribution in [3.05, 3.63) is 17.4 Å². The first-order valence-corrected chi connectivity index (χ1v) is 4.67. The molecule has 6 heteroatoms. The van der Waals surface area contributed by atoms with E-state index in [9.17, 15) is 0 Å². The molecule has 0 aliphatic carbocycles. The molecule has 0 atom stereocenters. The first-order chi connectivity index (χ1) is 6.40. The van der Waals surface area contributed by atoms with Crippen molar-refractivity contribution in [3.63, 3.8) is 0 Å². The summed E-state index contributed by atoms with van der Waals surface area (Å²) in [5.41, 5.74) is 0. The van der Waals surface area contributed by atoms with Gasteiger partial charge in [-0.2, -0.15) is 5.10 Å². The molecular weight excluding hydrogens is 186 g/mol. The molecule has 0 saturated heterocycles. The number of nitrogens with one attached hydrogen (secondary N) is 2. The number of aromatic amines is 1. The molecule has 0 amide bonds. The maximum Gasteiger partial charge on any atom is 0.184 e. The van der Waals surface area contributed by atoms with E-state index >= 15 is 0 Å². The average Bonchev–Trinajstić information content (AvgIpc) is 2.70. The van der Waals surface area contributed by atoms with Crippen LogP contribution in [0.4, 0.5) is 0 Å². The second-order valence-corrected chi connectivity index (χ2v) is 3.61. The first-order valence-electron chi connectivity index (χ1n) is 3.85. The fourth-order valence-corrected chi connectivity index (χ4v) is 1.85. The molecule has 0 aromatic carbocycles. The maximum atomic E-state index is 4.22. The highest BCUT2D eigenvalue weighted by Gasteiger charge is 2.05. The van der Waals surface area contributed by atoms with Crippen LogP contribution in [-0.4, -0.2) is 27.2 Å². The highest BCUT2D eigenvalue weighted by atomic mass is 32.1. The zero-order chi connectivity index (χ0) is 9.10. The molecule has 0 aliphatic heterocycles. The molecule has 0 aliphatic rings. The van der Waals surface area contributed by atoms with Crippen molar-refractivity contribution < 1.29 is 0 Å². The predicted octanol–water partition coefficient (Wildman–Crippen LogP) is 0.648. The SMILES string of the molecule is CNCc1cnc(-c2ncn[nH]2)s1. The van der Waals surface area contributed by atoms with Crippen LogP contribution in [0.2, 0.25) is 0 Å². The lowest BCUT2D eigenvalue weighted by atomic mass is 10.5. The molecule has 0 radical (unpaired) electrons. The third kappa shape index (κ3) is 1.73. The zero-order valence-corrected chi connectivity index (χ0v) is 7.93. The highest BCUT2D eigenvalue weighted by molar-refractivity contribution is 7.14. The minimum Gasteiger partial charge on any atom is -0.315 e. The number of aromatic nitrogens is 4. The molecule has 2 heterocycles. The van der Waals surface area contributed by atoms with Gasteiger partial charge in [0.25, 0.3) is 0 Å². The van der Waals surface area contributed by atoms with E-state index in [1.807, 2.05) is 13.2 Å². The van der Waals surface area contributed by atoms with Crippen LogP contribution in [0.15, 0.2) is 12.5 Å². The third-order valence-corrected chi connectivity index (χ3v) is 2.53. The van der Waals surface area contributed by atoms with Gasteiger partial charge in [-0.1, -0.05) is 0 Å². The number of thiazole rings is 1. The van der Waals surface area contributed by atoms with Gasteiger partial charge < -0.3 is 5.32 Å². The van der Waals surface area contributed by atoms with Crippen molar-refractivity contribution in [2.45, 2.75) is 6.54 Å². The van der Waals surface area contributed by atoms with E-state index < -0.39 is 0 Å². The third-order valence-electron chi connectivity index (χ3n) is 1.52. The number of hydrogen-bond acceptors (Lipinski definition) is 5. The molecular formula is C7H9N5S. The summed E-state index contributed by atoms with van der Waals surface area (Å²) >= 11 is 1.61. The van der Waals surface area contributed by atoms with E-state index in [1.54, 1.807) is 11.3 Å². The smallest absolute Gasteiger partial charge is 0.184 e. The topological polar surface area (TPSA) is 66.5 Å². The monoisotopic (exact) mass is 195 g/mol. The van der Waals surface area contributed by atoms with Crippen molar-refractivity contribution >= 4 is 11.3 Å². The Hall–Kier alpha value is -1.27. The fourth-order valence-electron chi connectivity index (χ4n) is 0.981. The van der Waals surface area contributed by atoms with E-state index in [-0.39, 0.29) is 0 Å². The van der Waals surface area contributed by atoms with Crippen molar-refractivity contribution in [3.8, 4) is 10.8 Å². The van der Waals surface area contributed by atoms with Gasteiger partial charge in [0.15, 0.2) is 10.8 Å². The molecule has 2 aromatic heterocycles. The Morgan fingerprint density at radius 3 is 3.15 bits per heavy atom. The van der Waals surface area contributed by atoms with Gasteiger partial charge in [0.2, 0.25) is 0 Å². The van der Waals surface area contributed by atoms with Crippen LogP contribution in [0.3, 0.4) is 0 Å². The number of hydrogen-bond donors (Lipinski definition) is 2. The molecule has 0 saturated carbocycles. The van der Waals surface area contributed by atoms with Gasteiger partial charge >= 0.3 is 0 Å². The van der Waals surface area contributed by atoms with Gasteiger partial charge in [-0.05, 0) is 7.05 Å². The van der Waals surface area contributed by atoms with Gasteiger partial charge in [-0.25, -0.2) is 9.97 Å². The molecule has 5 nitrogen and oxygen atoms in total. The number of rotatable bonds is 3. The normalized spacial score (nSPS) is 10.5. The predicted molar refractivity (Wildman–Crippen MR) is 50.3 cm³/mol. The Kier molecular flexibility index (Phi) is 2.33. The molecule has 0 spiro atoms. The summed E-state index contributed by atoms with van der Waals surface area (Å²) in [6.07, 6.45) is 3.33. The highest BCUT2D eigenvalue weighted by Crippen LogP contribution is 2.20. The maximum absolute atomic E-state index is 4.22. The largest absolute Gasteiger partial charge is 0.315 e. The summed E-state index contributed by atoms with van der Waals surface area (Å²) in [6, 6.07) is 0. The lowest BCUT2D eigenvalue weighted by Crippen LogP contribution is -2.02. The Morgan fingerprint density at radius 1 is 1.54 bits per heavy atom. The molecule has 13 heavy (non-hydrogen) atoms. The second-order valence-electron chi connectivity index (χ2n) is 2.50. The first kappa shape index (κ1) is 8.33. The van der Waals surface area contributed by atoms with Crippen LogP contribution >= 0.6 is 11.3 Å². The molecule has 68 valence electrons. The summed E-state index contributed by atoms with van der Waals surface area (Å²) in [7, 11) is 1.91. The Balaban J connectivity index is 2.23. The molecule has 0 bridgehead atoms. The second kappa shape index (κ2) is 3.63. The lowest BCUT2D eigenvalue weighted by Gasteiger charge is -1.89. The fraction of sp³-hybridized carbons (Fsp3) is 0.286. The van der Waals surface area contributed by atoms with E-state index in [0.717, 1.165) is 17.4 Å². The molecule has 2 N–H and O–H groups in total. The summed E-state index contributed by atoms with van der Waals surface area (Å²) in [4.78, 5) is 9.43. The number of nitrogens with zero attached hydrogens (tertiary/aromatic N) is 3. The number of H-pyrrole nitrogens is 1. The average molecular weight is 195 g/mol. The molecule has 0 unspecified atom stereocenters. The van der Waals surface area contributed by atoms with E-state index in [4.69, 9.17) is 0 Å². The lowest BCUT2D eigenvalue weighted by molar-refractivity contribution is 0.829. The van der Waals surface area contributed by atoms with Crippen LogP contribution in [0.5, 0.6) is 0 Å². The van der Waals surface area contributed by atoms with E-state index in [1.165, 1.54) is 11.2 Å². The van der Waals surface area contributed by atoms with Crippen molar-refractivity contribution in [1.82, 2.24) is 25.5 Å². The molecule has 2 rings (SSSR count). The summed E-state index contributed by atoms with van der Waals surface area (Å²) in [5.74, 6) is 0.729. The van der Waals surface area contributed by atoms with Crippen LogP contribution in [-0.2, 0) is 6.54 Å². The quantitative estimate of drug-likeness (QED) is 0.754. The van der Waals surface area contributed by atoms with Gasteiger partial charge in [-0.3, -0.25) is 5.10 Å².